The number of methoxy groups -OCH3 is 1. The van der Waals surface area contributed by atoms with Gasteiger partial charge in [-0.1, -0.05) is 11.3 Å². The third-order valence-corrected chi connectivity index (χ3v) is 3.39. The minimum Gasteiger partial charge on any atom is -0.480 e. The molecule has 0 atom stereocenters. The minimum atomic E-state index is -1.10. The lowest BCUT2D eigenvalue weighted by Crippen LogP contribution is -2.41. The van der Waals surface area contributed by atoms with E-state index in [0.29, 0.717) is 5.69 Å². The van der Waals surface area contributed by atoms with Gasteiger partial charge in [-0.15, -0.1) is 0 Å². The Morgan fingerprint density at radius 1 is 1.53 bits per heavy atom. The second-order valence-electron chi connectivity index (χ2n) is 3.93. The van der Waals surface area contributed by atoms with Crippen LogP contribution in [0.4, 0.5) is 0 Å². The predicted octanol–water partition coefficient (Wildman–Crippen LogP) is -0.222. The van der Waals surface area contributed by atoms with Crippen molar-refractivity contribution in [2.45, 2.75) is 13.5 Å². The molecule has 0 saturated carbocycles. The van der Waals surface area contributed by atoms with E-state index in [4.69, 9.17) is 9.84 Å². The van der Waals surface area contributed by atoms with Crippen LogP contribution in [0.2, 0.25) is 0 Å². The van der Waals surface area contributed by atoms with E-state index in [1.54, 1.807) is 12.3 Å². The first-order chi connectivity index (χ1) is 8.95. The van der Waals surface area contributed by atoms with Gasteiger partial charge < -0.3 is 14.7 Å². The predicted molar refractivity (Wildman–Crippen MR) is 69.4 cm³/mol. The van der Waals surface area contributed by atoms with E-state index in [2.05, 4.69) is 0 Å². The van der Waals surface area contributed by atoms with Crippen molar-refractivity contribution in [1.82, 2.24) is 9.47 Å². The fraction of sp³-hybridized carbons (Fsp3) is 0.545. The molecule has 8 heteroatoms. The molecular formula is C11H16N2O5S. The van der Waals surface area contributed by atoms with Gasteiger partial charge in [-0.25, -0.2) is 0 Å². The monoisotopic (exact) mass is 288 g/mol. The fourth-order valence-corrected chi connectivity index (χ4v) is 2.22. The first-order valence-corrected chi connectivity index (χ1v) is 6.47. The van der Waals surface area contributed by atoms with E-state index in [1.165, 1.54) is 11.7 Å². The van der Waals surface area contributed by atoms with Crippen molar-refractivity contribution in [3.63, 3.8) is 0 Å². The number of carbonyl (C=O) groups is 2. The Morgan fingerprint density at radius 3 is 2.68 bits per heavy atom. The molecular weight excluding hydrogens is 272 g/mol. The molecule has 0 aliphatic rings. The van der Waals surface area contributed by atoms with Crippen molar-refractivity contribution in [3.05, 3.63) is 20.7 Å². The van der Waals surface area contributed by atoms with Crippen LogP contribution in [0.5, 0.6) is 0 Å². The largest absolute Gasteiger partial charge is 0.480 e. The number of nitrogens with zero attached hydrogens (tertiary/aromatic N) is 2. The van der Waals surface area contributed by atoms with Gasteiger partial charge in [0.1, 0.15) is 13.1 Å². The molecule has 0 bridgehead atoms. The number of rotatable bonds is 7. The minimum absolute atomic E-state index is 0.148. The second kappa shape index (κ2) is 7.05. The quantitative estimate of drug-likeness (QED) is 0.749. The molecule has 1 heterocycles. The van der Waals surface area contributed by atoms with Crippen molar-refractivity contribution < 1.29 is 19.4 Å². The number of ether oxygens (including phenoxy) is 1. The molecule has 19 heavy (non-hydrogen) atoms. The average molecular weight is 288 g/mol. The maximum atomic E-state index is 12.0. The van der Waals surface area contributed by atoms with Gasteiger partial charge in [-0.05, 0) is 6.92 Å². The lowest BCUT2D eigenvalue weighted by Gasteiger charge is -2.20. The van der Waals surface area contributed by atoms with E-state index in [1.807, 2.05) is 0 Å². The summed E-state index contributed by atoms with van der Waals surface area (Å²) in [6.07, 6.45) is 0. The number of carboxylic acids is 1. The van der Waals surface area contributed by atoms with Crippen LogP contribution < -0.4 is 4.87 Å². The number of aryl methyl sites for hydroxylation is 1. The zero-order chi connectivity index (χ0) is 14.4. The van der Waals surface area contributed by atoms with Gasteiger partial charge in [0, 0.05) is 24.7 Å². The van der Waals surface area contributed by atoms with Crippen LogP contribution in [0.1, 0.15) is 5.69 Å². The zero-order valence-electron chi connectivity index (χ0n) is 10.8. The van der Waals surface area contributed by atoms with Gasteiger partial charge in [0.25, 0.3) is 0 Å². The standard InChI is InChI=1S/C11H16N2O5S/c1-8-7-19-11(17)13(8)5-9(14)12(3-4-18-2)6-10(15)16/h7H,3-6H2,1-2H3,(H,15,16). The number of amides is 1. The number of thiazole rings is 1. The van der Waals surface area contributed by atoms with Gasteiger partial charge in [-0.2, -0.15) is 0 Å². The summed E-state index contributed by atoms with van der Waals surface area (Å²) in [6.45, 7) is 1.60. The van der Waals surface area contributed by atoms with E-state index in [9.17, 15) is 14.4 Å². The number of hydrogen-bond donors (Lipinski definition) is 1. The van der Waals surface area contributed by atoms with Crippen molar-refractivity contribution in [3.8, 4) is 0 Å². The Kier molecular flexibility index (Phi) is 5.71. The maximum absolute atomic E-state index is 12.0. The van der Waals surface area contributed by atoms with Crippen LogP contribution in [0.25, 0.3) is 0 Å². The summed E-state index contributed by atoms with van der Waals surface area (Å²) in [5.41, 5.74) is 0.686. The van der Waals surface area contributed by atoms with Gasteiger partial charge in [0.2, 0.25) is 5.91 Å². The number of carbonyl (C=O) groups excluding carboxylic acids is 1. The molecule has 0 fully saturated rings. The molecule has 106 valence electrons. The van der Waals surface area contributed by atoms with Crippen LogP contribution in [0.3, 0.4) is 0 Å². The van der Waals surface area contributed by atoms with Gasteiger partial charge in [0.15, 0.2) is 0 Å². The summed E-state index contributed by atoms with van der Waals surface area (Å²) < 4.78 is 6.16. The molecule has 1 rings (SSSR count). The van der Waals surface area contributed by atoms with Crippen molar-refractivity contribution >= 4 is 23.2 Å². The van der Waals surface area contributed by atoms with Crippen LogP contribution >= 0.6 is 11.3 Å². The molecule has 7 nitrogen and oxygen atoms in total. The van der Waals surface area contributed by atoms with E-state index >= 15 is 0 Å². The molecule has 0 spiro atoms. The van der Waals surface area contributed by atoms with Crippen LogP contribution in [-0.2, 0) is 20.9 Å². The highest BCUT2D eigenvalue weighted by Crippen LogP contribution is 2.01. The van der Waals surface area contributed by atoms with E-state index < -0.39 is 18.4 Å². The molecule has 1 N–H and O–H groups in total. The number of carboxylic acid groups (broad SMARTS) is 1. The van der Waals surface area contributed by atoms with Gasteiger partial charge in [-0.3, -0.25) is 19.0 Å². The molecule has 0 aliphatic heterocycles. The Morgan fingerprint density at radius 2 is 2.21 bits per heavy atom. The first-order valence-electron chi connectivity index (χ1n) is 5.59. The fourth-order valence-electron chi connectivity index (χ4n) is 1.49. The average Bonchev–Trinajstić information content (AvgIpc) is 2.65. The topological polar surface area (TPSA) is 88.8 Å². The van der Waals surface area contributed by atoms with Crippen molar-refractivity contribution in [2.75, 3.05) is 26.8 Å². The Bertz CT molecular complexity index is 507. The molecule has 1 amide bonds. The molecule has 1 aromatic heterocycles. The molecule has 0 saturated heterocycles. The normalized spacial score (nSPS) is 10.4. The summed E-state index contributed by atoms with van der Waals surface area (Å²) in [6, 6.07) is 0. The number of aliphatic carboxylic acids is 1. The third kappa shape index (κ3) is 4.49. The number of hydrogen-bond acceptors (Lipinski definition) is 5. The SMILES string of the molecule is COCCN(CC(=O)O)C(=O)Cn1c(C)csc1=O. The Labute approximate surface area is 114 Å². The van der Waals surface area contributed by atoms with Crippen molar-refractivity contribution in [1.29, 1.82) is 0 Å². The molecule has 0 aromatic carbocycles. The third-order valence-electron chi connectivity index (χ3n) is 2.51. The molecule has 0 unspecified atom stereocenters. The highest BCUT2D eigenvalue weighted by Gasteiger charge is 2.18. The van der Waals surface area contributed by atoms with Crippen LogP contribution in [-0.4, -0.2) is 53.3 Å². The van der Waals surface area contributed by atoms with E-state index in [0.717, 1.165) is 16.2 Å². The summed E-state index contributed by atoms with van der Waals surface area (Å²) in [7, 11) is 1.47. The van der Waals surface area contributed by atoms with Crippen LogP contribution in [0.15, 0.2) is 10.2 Å². The number of aromatic nitrogens is 1. The van der Waals surface area contributed by atoms with Gasteiger partial charge >= 0.3 is 10.8 Å². The summed E-state index contributed by atoms with van der Waals surface area (Å²) in [5, 5.41) is 10.4. The zero-order valence-corrected chi connectivity index (χ0v) is 11.6. The Hall–Kier alpha value is -1.67. The van der Waals surface area contributed by atoms with Crippen molar-refractivity contribution in [2.24, 2.45) is 0 Å². The first kappa shape index (κ1) is 15.4. The highest BCUT2D eigenvalue weighted by molar-refractivity contribution is 7.07. The lowest BCUT2D eigenvalue weighted by atomic mass is 10.4. The van der Waals surface area contributed by atoms with Crippen LogP contribution in [0, 0.1) is 6.92 Å². The highest BCUT2D eigenvalue weighted by atomic mass is 32.1. The summed E-state index contributed by atoms with van der Waals surface area (Å²) in [4.78, 5) is 35.2. The molecule has 0 aliphatic carbocycles. The lowest BCUT2D eigenvalue weighted by molar-refractivity contribution is -0.145. The Balaban J connectivity index is 2.76. The molecule has 0 radical (unpaired) electrons. The summed E-state index contributed by atoms with van der Waals surface area (Å²) >= 11 is 1.01. The van der Waals surface area contributed by atoms with Gasteiger partial charge in [0.05, 0.1) is 6.61 Å². The molecule has 1 aromatic rings. The van der Waals surface area contributed by atoms with E-state index in [-0.39, 0.29) is 24.6 Å². The summed E-state index contributed by atoms with van der Waals surface area (Å²) in [5.74, 6) is -1.51. The maximum Gasteiger partial charge on any atom is 0.323 e. The smallest absolute Gasteiger partial charge is 0.323 e. The second-order valence-corrected chi connectivity index (χ2v) is 4.75.